The van der Waals surface area contributed by atoms with Gasteiger partial charge in [-0.25, -0.2) is 0 Å². The maximum Gasteiger partial charge on any atom is 0.226 e. The lowest BCUT2D eigenvalue weighted by Gasteiger charge is -2.23. The summed E-state index contributed by atoms with van der Waals surface area (Å²) in [6, 6.07) is 10.7. The van der Waals surface area contributed by atoms with Crippen LogP contribution in [0.1, 0.15) is 24.5 Å². The number of carbonyl (C=O) groups excluding carboxylic acids is 2. The number of hydrogen-bond acceptors (Lipinski definition) is 2. The number of carbonyl (C=O) groups is 2. The van der Waals surface area contributed by atoms with Crippen molar-refractivity contribution in [3.63, 3.8) is 0 Å². The number of nitrogens with one attached hydrogen (secondary N) is 1. The number of hydrogen-bond donors (Lipinski definition) is 1. The highest BCUT2D eigenvalue weighted by molar-refractivity contribution is 6.31. The fraction of sp³-hybridized carbons (Fsp3) is 0.263. The van der Waals surface area contributed by atoms with Crippen molar-refractivity contribution < 1.29 is 9.59 Å². The summed E-state index contributed by atoms with van der Waals surface area (Å²) >= 11 is 12.0. The van der Waals surface area contributed by atoms with E-state index >= 15 is 0 Å². The van der Waals surface area contributed by atoms with Gasteiger partial charge in [0, 0.05) is 41.3 Å². The summed E-state index contributed by atoms with van der Waals surface area (Å²) in [6.45, 7) is 5.49. The predicted octanol–water partition coefficient (Wildman–Crippen LogP) is 4.99. The molecule has 2 aromatic carbocycles. The van der Waals surface area contributed by atoms with E-state index in [1.807, 2.05) is 13.8 Å². The van der Waals surface area contributed by atoms with Crippen LogP contribution in [0.2, 0.25) is 10.0 Å². The molecule has 0 aliphatic carbocycles. The largest absolute Gasteiger partial charge is 0.326 e. The molecule has 0 saturated heterocycles. The molecule has 0 radical (unpaired) electrons. The van der Waals surface area contributed by atoms with Crippen LogP contribution >= 0.6 is 23.2 Å². The molecule has 0 saturated carbocycles. The van der Waals surface area contributed by atoms with E-state index in [-0.39, 0.29) is 24.8 Å². The van der Waals surface area contributed by atoms with E-state index in [0.29, 0.717) is 15.7 Å². The van der Waals surface area contributed by atoms with Gasteiger partial charge in [-0.05, 0) is 55.3 Å². The van der Waals surface area contributed by atoms with Gasteiger partial charge >= 0.3 is 0 Å². The number of nitrogens with zero attached hydrogens (tertiary/aromatic N) is 1. The molecule has 0 unspecified atom stereocenters. The van der Waals surface area contributed by atoms with Crippen LogP contribution in [0.5, 0.6) is 0 Å². The van der Waals surface area contributed by atoms with Crippen LogP contribution in [-0.2, 0) is 9.59 Å². The van der Waals surface area contributed by atoms with Crippen molar-refractivity contribution >= 4 is 46.4 Å². The second-order valence-electron chi connectivity index (χ2n) is 5.81. The summed E-state index contributed by atoms with van der Waals surface area (Å²) in [5.41, 5.74) is 3.13. The molecule has 0 heterocycles. The first-order valence-corrected chi connectivity index (χ1v) is 8.64. The van der Waals surface area contributed by atoms with E-state index in [1.54, 1.807) is 41.3 Å². The van der Waals surface area contributed by atoms with Crippen molar-refractivity contribution in [1.29, 1.82) is 0 Å². The van der Waals surface area contributed by atoms with Gasteiger partial charge in [-0.2, -0.15) is 0 Å². The van der Waals surface area contributed by atoms with Crippen molar-refractivity contribution in [2.45, 2.75) is 27.2 Å². The molecular formula is C19H20Cl2N2O2. The minimum atomic E-state index is -0.178. The number of halogens is 2. The van der Waals surface area contributed by atoms with Crippen LogP contribution in [0, 0.1) is 13.8 Å². The van der Waals surface area contributed by atoms with Crippen molar-refractivity contribution in [3.05, 3.63) is 57.6 Å². The second-order valence-corrected chi connectivity index (χ2v) is 6.66. The second kappa shape index (κ2) is 8.37. The molecule has 25 heavy (non-hydrogen) atoms. The van der Waals surface area contributed by atoms with Gasteiger partial charge in [-0.15, -0.1) is 0 Å². The molecule has 2 amide bonds. The molecule has 132 valence electrons. The number of aryl methyl sites for hydroxylation is 1. The summed E-state index contributed by atoms with van der Waals surface area (Å²) < 4.78 is 0. The van der Waals surface area contributed by atoms with E-state index in [9.17, 15) is 9.59 Å². The summed E-state index contributed by atoms with van der Waals surface area (Å²) in [6.07, 6.45) is 0.174. The molecule has 6 heteroatoms. The third-order valence-electron chi connectivity index (χ3n) is 3.93. The van der Waals surface area contributed by atoms with Crippen LogP contribution in [0.15, 0.2) is 36.4 Å². The van der Waals surface area contributed by atoms with Gasteiger partial charge in [0.15, 0.2) is 0 Å². The Hall–Kier alpha value is -2.04. The topological polar surface area (TPSA) is 49.4 Å². The van der Waals surface area contributed by atoms with E-state index < -0.39 is 0 Å². The quantitative estimate of drug-likeness (QED) is 0.796. The number of anilines is 2. The zero-order valence-electron chi connectivity index (χ0n) is 14.4. The maximum absolute atomic E-state index is 12.3. The first kappa shape index (κ1) is 19.3. The van der Waals surface area contributed by atoms with Crippen molar-refractivity contribution in [3.8, 4) is 0 Å². The Bertz CT molecular complexity index is 806. The molecule has 1 N–H and O–H groups in total. The van der Waals surface area contributed by atoms with Crippen LogP contribution in [0.25, 0.3) is 0 Å². The Labute approximate surface area is 157 Å². The third-order valence-corrected chi connectivity index (χ3v) is 4.58. The monoisotopic (exact) mass is 378 g/mol. The molecule has 4 nitrogen and oxygen atoms in total. The highest BCUT2D eigenvalue weighted by Crippen LogP contribution is 2.25. The van der Waals surface area contributed by atoms with Crippen LogP contribution < -0.4 is 10.2 Å². The standard InChI is InChI=1S/C19H20Cl2N2O2/c1-12-11-15(20)7-8-18(12)23(14(3)24)10-9-19(25)22-17-6-4-5-16(21)13(17)2/h4-8,11H,9-10H2,1-3H3,(H,22,25). The molecule has 0 aliphatic heterocycles. The Morgan fingerprint density at radius 3 is 2.48 bits per heavy atom. The van der Waals surface area contributed by atoms with Crippen molar-refractivity contribution in [2.75, 3.05) is 16.8 Å². The lowest BCUT2D eigenvalue weighted by molar-refractivity contribution is -0.117. The Morgan fingerprint density at radius 2 is 1.84 bits per heavy atom. The number of rotatable bonds is 5. The average molecular weight is 379 g/mol. The average Bonchev–Trinajstić information content (AvgIpc) is 2.53. The molecule has 0 bridgehead atoms. The van der Waals surface area contributed by atoms with Crippen LogP contribution in [0.4, 0.5) is 11.4 Å². The molecular weight excluding hydrogens is 359 g/mol. The zero-order chi connectivity index (χ0) is 18.6. The normalized spacial score (nSPS) is 10.4. The SMILES string of the molecule is CC(=O)N(CCC(=O)Nc1cccc(Cl)c1C)c1ccc(Cl)cc1C. The first-order chi connectivity index (χ1) is 11.8. The minimum Gasteiger partial charge on any atom is -0.326 e. The summed E-state index contributed by atoms with van der Waals surface area (Å²) in [5, 5.41) is 4.05. The maximum atomic E-state index is 12.3. The zero-order valence-corrected chi connectivity index (χ0v) is 15.9. The number of benzene rings is 2. The summed E-state index contributed by atoms with van der Waals surface area (Å²) in [5.74, 6) is -0.305. The van der Waals surface area contributed by atoms with Crippen LogP contribution in [-0.4, -0.2) is 18.4 Å². The minimum absolute atomic E-state index is 0.128. The van der Waals surface area contributed by atoms with Crippen molar-refractivity contribution in [1.82, 2.24) is 0 Å². The van der Waals surface area contributed by atoms with Gasteiger partial charge in [-0.3, -0.25) is 9.59 Å². The van der Waals surface area contributed by atoms with Gasteiger partial charge in [0.1, 0.15) is 0 Å². The molecule has 0 atom stereocenters. The summed E-state index contributed by atoms with van der Waals surface area (Å²) in [7, 11) is 0. The fourth-order valence-corrected chi connectivity index (χ4v) is 2.94. The molecule has 0 fully saturated rings. The van der Waals surface area contributed by atoms with Gasteiger partial charge in [-0.1, -0.05) is 29.3 Å². The van der Waals surface area contributed by atoms with E-state index in [0.717, 1.165) is 16.8 Å². The van der Waals surface area contributed by atoms with E-state index in [1.165, 1.54) is 6.92 Å². The highest BCUT2D eigenvalue weighted by atomic mass is 35.5. The fourth-order valence-electron chi connectivity index (χ4n) is 2.54. The van der Waals surface area contributed by atoms with Crippen LogP contribution in [0.3, 0.4) is 0 Å². The molecule has 0 spiro atoms. The molecule has 0 aromatic heterocycles. The number of amides is 2. The van der Waals surface area contributed by atoms with Gasteiger partial charge in [0.05, 0.1) is 0 Å². The third kappa shape index (κ3) is 4.97. The Morgan fingerprint density at radius 1 is 1.12 bits per heavy atom. The van der Waals surface area contributed by atoms with Gasteiger partial charge in [0.2, 0.25) is 11.8 Å². The van der Waals surface area contributed by atoms with Gasteiger partial charge < -0.3 is 10.2 Å². The van der Waals surface area contributed by atoms with Gasteiger partial charge in [0.25, 0.3) is 0 Å². The molecule has 0 aliphatic rings. The molecule has 2 aromatic rings. The Kier molecular flexibility index (Phi) is 6.45. The molecule has 2 rings (SSSR count). The lowest BCUT2D eigenvalue weighted by Crippen LogP contribution is -2.32. The summed E-state index contributed by atoms with van der Waals surface area (Å²) in [4.78, 5) is 25.8. The van der Waals surface area contributed by atoms with E-state index in [2.05, 4.69) is 5.32 Å². The van der Waals surface area contributed by atoms with E-state index in [4.69, 9.17) is 23.2 Å². The Balaban J connectivity index is 2.07. The van der Waals surface area contributed by atoms with Crippen molar-refractivity contribution in [2.24, 2.45) is 0 Å². The predicted molar refractivity (Wildman–Crippen MR) is 104 cm³/mol. The lowest BCUT2D eigenvalue weighted by atomic mass is 10.1. The highest BCUT2D eigenvalue weighted by Gasteiger charge is 2.16. The smallest absolute Gasteiger partial charge is 0.226 e. The first-order valence-electron chi connectivity index (χ1n) is 7.89.